The van der Waals surface area contributed by atoms with Crippen molar-refractivity contribution in [2.75, 3.05) is 18.4 Å². The third kappa shape index (κ3) is 4.64. The number of aromatic nitrogens is 1. The number of benzene rings is 1. The van der Waals surface area contributed by atoms with E-state index in [9.17, 15) is 9.59 Å². The SMILES string of the molecule is Cc1cccc(Cc2cnc(NC(=O)CN3CCC[C@@H]3C(=O)O)s2)c1. The van der Waals surface area contributed by atoms with E-state index in [1.54, 1.807) is 11.1 Å². The summed E-state index contributed by atoms with van der Waals surface area (Å²) >= 11 is 1.45. The van der Waals surface area contributed by atoms with Crippen LogP contribution in [-0.4, -0.2) is 46.0 Å². The number of carbonyl (C=O) groups is 2. The minimum atomic E-state index is -0.861. The standard InChI is InChI=1S/C18H21N3O3S/c1-12-4-2-5-13(8-12)9-14-10-19-18(25-14)20-16(22)11-21-7-3-6-15(21)17(23)24/h2,4-5,8,10,15H,3,6-7,9,11H2,1H3,(H,23,24)(H,19,20,22)/t15-/m1/s1. The largest absolute Gasteiger partial charge is 0.480 e. The number of carbonyl (C=O) groups excluding carboxylic acids is 1. The number of hydrogen-bond acceptors (Lipinski definition) is 5. The van der Waals surface area contributed by atoms with Crippen molar-refractivity contribution in [1.82, 2.24) is 9.88 Å². The van der Waals surface area contributed by atoms with E-state index in [-0.39, 0.29) is 12.5 Å². The van der Waals surface area contributed by atoms with Crippen molar-refractivity contribution >= 4 is 28.3 Å². The summed E-state index contributed by atoms with van der Waals surface area (Å²) in [5, 5.41) is 12.5. The first-order valence-electron chi connectivity index (χ1n) is 8.28. The fourth-order valence-corrected chi connectivity index (χ4v) is 3.97. The molecule has 2 N–H and O–H groups in total. The van der Waals surface area contributed by atoms with Crippen molar-refractivity contribution in [1.29, 1.82) is 0 Å². The van der Waals surface area contributed by atoms with Crippen molar-refractivity contribution in [3.05, 3.63) is 46.5 Å². The van der Waals surface area contributed by atoms with Gasteiger partial charge in [-0.1, -0.05) is 29.8 Å². The van der Waals surface area contributed by atoms with Gasteiger partial charge in [0.25, 0.3) is 0 Å². The maximum absolute atomic E-state index is 12.2. The highest BCUT2D eigenvalue weighted by Gasteiger charge is 2.31. The van der Waals surface area contributed by atoms with Crippen LogP contribution >= 0.6 is 11.3 Å². The number of aliphatic carboxylic acids is 1. The number of carboxylic acids is 1. The summed E-state index contributed by atoms with van der Waals surface area (Å²) in [5.74, 6) is -1.08. The molecule has 1 fully saturated rings. The molecule has 1 saturated heterocycles. The maximum Gasteiger partial charge on any atom is 0.320 e. The van der Waals surface area contributed by atoms with E-state index < -0.39 is 12.0 Å². The highest BCUT2D eigenvalue weighted by Crippen LogP contribution is 2.22. The molecule has 1 atom stereocenters. The first kappa shape index (κ1) is 17.6. The van der Waals surface area contributed by atoms with E-state index in [2.05, 4.69) is 35.4 Å². The normalized spacial score (nSPS) is 17.6. The van der Waals surface area contributed by atoms with Gasteiger partial charge in [-0.15, -0.1) is 11.3 Å². The molecule has 1 aromatic carbocycles. The number of thiazole rings is 1. The van der Waals surface area contributed by atoms with Gasteiger partial charge in [-0.25, -0.2) is 4.98 Å². The number of likely N-dealkylation sites (tertiary alicyclic amines) is 1. The number of nitrogens with zero attached hydrogens (tertiary/aromatic N) is 2. The molecule has 6 nitrogen and oxygen atoms in total. The number of hydrogen-bond donors (Lipinski definition) is 2. The zero-order valence-electron chi connectivity index (χ0n) is 14.1. The molecule has 132 valence electrons. The van der Waals surface area contributed by atoms with Crippen molar-refractivity contribution in [3.63, 3.8) is 0 Å². The van der Waals surface area contributed by atoms with Gasteiger partial charge in [-0.3, -0.25) is 14.5 Å². The summed E-state index contributed by atoms with van der Waals surface area (Å²) in [5.41, 5.74) is 2.43. The van der Waals surface area contributed by atoms with Gasteiger partial charge in [0.1, 0.15) is 6.04 Å². The van der Waals surface area contributed by atoms with Crippen LogP contribution in [0.15, 0.2) is 30.5 Å². The van der Waals surface area contributed by atoms with Crippen LogP contribution in [0.4, 0.5) is 5.13 Å². The van der Waals surface area contributed by atoms with Crippen LogP contribution in [0.5, 0.6) is 0 Å². The Balaban J connectivity index is 1.56. The third-order valence-corrected chi connectivity index (χ3v) is 5.17. The summed E-state index contributed by atoms with van der Waals surface area (Å²) in [7, 11) is 0. The third-order valence-electron chi connectivity index (χ3n) is 4.26. The highest BCUT2D eigenvalue weighted by atomic mass is 32.1. The topological polar surface area (TPSA) is 82.5 Å². The molecule has 1 aliphatic rings. The molecule has 2 aromatic rings. The van der Waals surface area contributed by atoms with Gasteiger partial charge in [0, 0.05) is 17.5 Å². The Morgan fingerprint density at radius 1 is 1.44 bits per heavy atom. The Hall–Kier alpha value is -2.25. The van der Waals surface area contributed by atoms with Gasteiger partial charge >= 0.3 is 5.97 Å². The number of carboxylic acid groups (broad SMARTS) is 1. The number of nitrogens with one attached hydrogen (secondary N) is 1. The molecule has 0 radical (unpaired) electrons. The van der Waals surface area contributed by atoms with Crippen molar-refractivity contribution in [3.8, 4) is 0 Å². The molecular formula is C18H21N3O3S. The van der Waals surface area contributed by atoms with E-state index >= 15 is 0 Å². The second-order valence-corrected chi connectivity index (χ2v) is 7.43. The Kier molecular flexibility index (Phi) is 5.45. The van der Waals surface area contributed by atoms with Crippen molar-refractivity contribution < 1.29 is 14.7 Å². The number of aryl methyl sites for hydroxylation is 1. The van der Waals surface area contributed by atoms with E-state index in [4.69, 9.17) is 5.11 Å². The van der Waals surface area contributed by atoms with Crippen LogP contribution in [0.25, 0.3) is 0 Å². The smallest absolute Gasteiger partial charge is 0.320 e. The quantitative estimate of drug-likeness (QED) is 0.828. The van der Waals surface area contributed by atoms with E-state index in [1.807, 2.05) is 6.07 Å². The first-order chi connectivity index (χ1) is 12.0. The molecule has 1 aliphatic heterocycles. The predicted molar refractivity (Wildman–Crippen MR) is 97.0 cm³/mol. The monoisotopic (exact) mass is 359 g/mol. The number of rotatable bonds is 6. The molecule has 7 heteroatoms. The minimum absolute atomic E-state index is 0.0871. The van der Waals surface area contributed by atoms with Gasteiger partial charge in [0.15, 0.2) is 5.13 Å². The van der Waals surface area contributed by atoms with Gasteiger partial charge in [0.05, 0.1) is 6.54 Å². The summed E-state index contributed by atoms with van der Waals surface area (Å²) in [4.78, 5) is 30.4. The fraction of sp³-hybridized carbons (Fsp3) is 0.389. The van der Waals surface area contributed by atoms with Crippen LogP contribution in [-0.2, 0) is 16.0 Å². The lowest BCUT2D eigenvalue weighted by molar-refractivity contribution is -0.142. The molecule has 3 rings (SSSR count). The molecule has 0 unspecified atom stereocenters. The van der Waals surface area contributed by atoms with Gasteiger partial charge in [0.2, 0.25) is 5.91 Å². The lowest BCUT2D eigenvalue weighted by Crippen LogP contribution is -2.40. The Bertz CT molecular complexity index is 774. The van der Waals surface area contributed by atoms with Crippen molar-refractivity contribution in [2.45, 2.75) is 32.2 Å². The number of amides is 1. The fourth-order valence-electron chi connectivity index (χ4n) is 3.11. The van der Waals surface area contributed by atoms with Crippen LogP contribution in [0.2, 0.25) is 0 Å². The van der Waals surface area contributed by atoms with Gasteiger partial charge < -0.3 is 10.4 Å². The van der Waals surface area contributed by atoms with Gasteiger partial charge in [-0.2, -0.15) is 0 Å². The minimum Gasteiger partial charge on any atom is -0.480 e. The lowest BCUT2D eigenvalue weighted by atomic mass is 10.1. The maximum atomic E-state index is 12.2. The van der Waals surface area contributed by atoms with Crippen LogP contribution in [0.1, 0.15) is 28.8 Å². The molecule has 1 amide bonds. The zero-order chi connectivity index (χ0) is 17.8. The Morgan fingerprint density at radius 2 is 2.28 bits per heavy atom. The van der Waals surface area contributed by atoms with Crippen LogP contribution in [0, 0.1) is 6.92 Å². The van der Waals surface area contributed by atoms with E-state index in [0.717, 1.165) is 17.7 Å². The Morgan fingerprint density at radius 3 is 3.04 bits per heavy atom. The van der Waals surface area contributed by atoms with E-state index in [1.165, 1.54) is 22.5 Å². The van der Waals surface area contributed by atoms with Gasteiger partial charge in [-0.05, 0) is 31.9 Å². The summed E-state index contributed by atoms with van der Waals surface area (Å²) in [6.45, 7) is 2.79. The average molecular weight is 359 g/mol. The lowest BCUT2D eigenvalue weighted by Gasteiger charge is -2.19. The average Bonchev–Trinajstić information content (AvgIpc) is 3.17. The molecule has 0 bridgehead atoms. The van der Waals surface area contributed by atoms with Crippen LogP contribution < -0.4 is 5.32 Å². The highest BCUT2D eigenvalue weighted by molar-refractivity contribution is 7.15. The molecule has 1 aromatic heterocycles. The molecule has 25 heavy (non-hydrogen) atoms. The summed E-state index contributed by atoms with van der Waals surface area (Å²) < 4.78 is 0. The predicted octanol–water partition coefficient (Wildman–Crippen LogP) is 2.53. The molecule has 0 spiro atoms. The molecule has 0 saturated carbocycles. The number of anilines is 1. The second kappa shape index (κ2) is 7.76. The molecule has 2 heterocycles. The van der Waals surface area contributed by atoms with E-state index in [0.29, 0.717) is 18.1 Å². The molecule has 0 aliphatic carbocycles. The summed E-state index contributed by atoms with van der Waals surface area (Å²) in [6, 6.07) is 7.74. The first-order valence-corrected chi connectivity index (χ1v) is 9.10. The van der Waals surface area contributed by atoms with Crippen molar-refractivity contribution in [2.24, 2.45) is 0 Å². The van der Waals surface area contributed by atoms with Crippen LogP contribution in [0.3, 0.4) is 0 Å². The Labute approximate surface area is 150 Å². The second-order valence-electron chi connectivity index (χ2n) is 6.31. The molecular weight excluding hydrogens is 338 g/mol. The zero-order valence-corrected chi connectivity index (χ0v) is 14.9. The summed E-state index contributed by atoms with van der Waals surface area (Å²) in [6.07, 6.45) is 3.96.